The van der Waals surface area contributed by atoms with Crippen molar-refractivity contribution in [2.45, 2.75) is 31.7 Å². The van der Waals surface area contributed by atoms with Gasteiger partial charge in [-0.25, -0.2) is 9.00 Å². The summed E-state index contributed by atoms with van der Waals surface area (Å²) in [5, 5.41) is 8.90. The minimum absolute atomic E-state index is 0.0125. The minimum atomic E-state index is -2.26. The highest BCUT2D eigenvalue weighted by Crippen LogP contribution is 2.26. The van der Waals surface area contributed by atoms with Crippen molar-refractivity contribution in [3.63, 3.8) is 0 Å². The van der Waals surface area contributed by atoms with E-state index in [0.717, 1.165) is 0 Å². The van der Waals surface area contributed by atoms with Crippen molar-refractivity contribution >= 4 is 17.0 Å². The number of hydrogen-bond acceptors (Lipinski definition) is 4. The fourth-order valence-corrected chi connectivity index (χ4v) is 1.89. The van der Waals surface area contributed by atoms with E-state index in [-0.39, 0.29) is 10.6 Å². The van der Waals surface area contributed by atoms with Gasteiger partial charge in [0.2, 0.25) is 5.39 Å². The summed E-state index contributed by atoms with van der Waals surface area (Å²) in [6.07, 6.45) is 0. The fourth-order valence-electron chi connectivity index (χ4n) is 1.42. The number of esters is 1. The summed E-state index contributed by atoms with van der Waals surface area (Å²) in [6, 6.07) is 4.83. The van der Waals surface area contributed by atoms with Crippen molar-refractivity contribution in [1.29, 1.82) is 5.39 Å². The molecule has 0 aliphatic rings. The lowest BCUT2D eigenvalue weighted by atomic mass is 9.87. The molecule has 0 saturated carbocycles. The van der Waals surface area contributed by atoms with Crippen LogP contribution in [0.4, 0.5) is 0 Å². The SMILES string of the molecule is CC(C)(C)C([N+]#N)C(=O)Oc1ccccc1S(=O)O. The first-order valence-corrected chi connectivity index (χ1v) is 6.64. The van der Waals surface area contributed by atoms with Crippen LogP contribution in [0.1, 0.15) is 20.8 Å². The molecular weight excluding hydrogens is 268 g/mol. The van der Waals surface area contributed by atoms with E-state index in [9.17, 15) is 9.00 Å². The number of benzene rings is 1. The molecule has 6 nitrogen and oxygen atoms in total. The van der Waals surface area contributed by atoms with Gasteiger partial charge in [-0.15, -0.1) is 0 Å². The summed E-state index contributed by atoms with van der Waals surface area (Å²) in [4.78, 5) is 14.9. The lowest BCUT2D eigenvalue weighted by molar-refractivity contribution is -0.137. The van der Waals surface area contributed by atoms with Crippen LogP contribution in [0.2, 0.25) is 0 Å². The van der Waals surface area contributed by atoms with Gasteiger partial charge in [-0.05, 0) is 12.1 Å². The summed E-state index contributed by atoms with van der Waals surface area (Å²) in [5.41, 5.74) is -0.626. The molecule has 19 heavy (non-hydrogen) atoms. The van der Waals surface area contributed by atoms with E-state index in [4.69, 9.17) is 14.7 Å². The predicted molar refractivity (Wildman–Crippen MR) is 69.4 cm³/mol. The Morgan fingerprint density at radius 1 is 1.42 bits per heavy atom. The molecule has 102 valence electrons. The first-order valence-electron chi connectivity index (χ1n) is 5.53. The molecule has 0 spiro atoms. The maximum absolute atomic E-state index is 11.9. The Bertz CT molecular complexity index is 545. The van der Waals surface area contributed by atoms with Gasteiger partial charge in [0, 0.05) is 0 Å². The van der Waals surface area contributed by atoms with Crippen LogP contribution < -0.4 is 4.74 Å². The second-order valence-electron chi connectivity index (χ2n) is 5.00. The third-order valence-electron chi connectivity index (χ3n) is 2.41. The average molecular weight is 283 g/mol. The lowest BCUT2D eigenvalue weighted by Gasteiger charge is -2.14. The molecule has 7 heteroatoms. The largest absolute Gasteiger partial charge is 0.419 e. The van der Waals surface area contributed by atoms with Crippen molar-refractivity contribution in [1.82, 2.24) is 0 Å². The van der Waals surface area contributed by atoms with Gasteiger partial charge >= 0.3 is 12.0 Å². The number of hydrogen-bond donors (Lipinski definition) is 1. The van der Waals surface area contributed by atoms with Crippen LogP contribution in [0, 0.1) is 10.8 Å². The maximum Gasteiger partial charge on any atom is 0.413 e. The Labute approximate surface area is 113 Å². The quantitative estimate of drug-likeness (QED) is 0.398. The third-order valence-corrected chi connectivity index (χ3v) is 3.12. The van der Waals surface area contributed by atoms with Crippen molar-refractivity contribution in [2.24, 2.45) is 5.41 Å². The van der Waals surface area contributed by atoms with E-state index >= 15 is 0 Å². The molecule has 1 rings (SSSR count). The van der Waals surface area contributed by atoms with E-state index in [2.05, 4.69) is 4.98 Å². The van der Waals surface area contributed by atoms with Crippen LogP contribution in [0.15, 0.2) is 29.2 Å². The number of diazo groups is 1. The number of carbonyl (C=O) groups excluding carboxylic acids is 1. The second-order valence-corrected chi connectivity index (χ2v) is 5.94. The van der Waals surface area contributed by atoms with Crippen LogP contribution in [0.25, 0.3) is 4.98 Å². The molecule has 0 saturated heterocycles. The van der Waals surface area contributed by atoms with Crippen molar-refractivity contribution in [3.8, 4) is 5.75 Å². The van der Waals surface area contributed by atoms with Gasteiger partial charge in [-0.3, -0.25) is 0 Å². The van der Waals surface area contributed by atoms with Crippen molar-refractivity contribution in [2.75, 3.05) is 0 Å². The van der Waals surface area contributed by atoms with Crippen LogP contribution in [0.3, 0.4) is 0 Å². The van der Waals surface area contributed by atoms with Crippen LogP contribution >= 0.6 is 0 Å². The number of ether oxygens (including phenoxy) is 1. The van der Waals surface area contributed by atoms with Gasteiger partial charge in [0.15, 0.2) is 11.1 Å². The monoisotopic (exact) mass is 283 g/mol. The van der Waals surface area contributed by atoms with Gasteiger partial charge < -0.3 is 9.29 Å². The highest BCUT2D eigenvalue weighted by atomic mass is 32.2. The normalized spacial score (nSPS) is 14.3. The zero-order valence-corrected chi connectivity index (χ0v) is 11.7. The molecule has 2 unspecified atom stereocenters. The zero-order chi connectivity index (χ0) is 14.6. The number of para-hydroxylation sites is 1. The van der Waals surface area contributed by atoms with E-state index in [1.807, 2.05) is 0 Å². The van der Waals surface area contributed by atoms with Gasteiger partial charge in [0.1, 0.15) is 15.6 Å². The average Bonchev–Trinajstić information content (AvgIpc) is 2.28. The summed E-state index contributed by atoms with van der Waals surface area (Å²) < 4.78 is 25.2. The number of rotatable bonds is 3. The minimum Gasteiger partial charge on any atom is -0.419 e. The van der Waals surface area contributed by atoms with Crippen molar-refractivity contribution < 1.29 is 18.3 Å². The lowest BCUT2D eigenvalue weighted by Crippen LogP contribution is -2.34. The highest BCUT2D eigenvalue weighted by molar-refractivity contribution is 7.79. The summed E-state index contributed by atoms with van der Waals surface area (Å²) in [5.74, 6) is -0.806. The molecule has 2 atom stereocenters. The first-order chi connectivity index (χ1) is 8.77. The zero-order valence-electron chi connectivity index (χ0n) is 10.9. The standard InChI is InChI=1S/C12H14N2O4S/c1-12(2,3)10(14-13)11(15)18-8-6-4-5-7-9(8)19(16)17/h4-7,10H,1-3H3/p+1. The molecule has 1 aromatic carbocycles. The Balaban J connectivity index is 3.01. The highest BCUT2D eigenvalue weighted by Gasteiger charge is 2.45. The summed E-state index contributed by atoms with van der Waals surface area (Å²) >= 11 is -2.26. The van der Waals surface area contributed by atoms with Crippen molar-refractivity contribution in [3.05, 3.63) is 29.2 Å². The molecule has 0 bridgehead atoms. The number of carbonyl (C=O) groups is 1. The Morgan fingerprint density at radius 3 is 2.47 bits per heavy atom. The van der Waals surface area contributed by atoms with E-state index in [1.54, 1.807) is 32.9 Å². The van der Waals surface area contributed by atoms with Crippen LogP contribution in [-0.2, 0) is 15.9 Å². The molecular formula is C12H15N2O4S+. The van der Waals surface area contributed by atoms with E-state index < -0.39 is 28.5 Å². The molecule has 0 aliphatic heterocycles. The molecule has 1 aromatic rings. The molecule has 0 heterocycles. The third kappa shape index (κ3) is 3.84. The second kappa shape index (κ2) is 5.91. The van der Waals surface area contributed by atoms with Crippen LogP contribution in [-0.4, -0.2) is 20.8 Å². The molecule has 1 N–H and O–H groups in total. The topological polar surface area (TPSA) is 91.8 Å². The van der Waals surface area contributed by atoms with Gasteiger partial charge in [-0.1, -0.05) is 32.9 Å². The van der Waals surface area contributed by atoms with Gasteiger partial charge in [-0.2, -0.15) is 0 Å². The Morgan fingerprint density at radius 2 is 2.00 bits per heavy atom. The van der Waals surface area contributed by atoms with Gasteiger partial charge in [0.05, 0.1) is 5.41 Å². The van der Waals surface area contributed by atoms with E-state index in [1.165, 1.54) is 12.1 Å². The predicted octanol–water partition coefficient (Wildman–Crippen LogP) is 2.44. The fraction of sp³-hybridized carbons (Fsp3) is 0.417. The first kappa shape index (κ1) is 15.3. The maximum atomic E-state index is 11.9. The van der Waals surface area contributed by atoms with Crippen LogP contribution in [0.5, 0.6) is 5.75 Å². The van der Waals surface area contributed by atoms with Gasteiger partial charge in [0.25, 0.3) is 0 Å². The summed E-state index contributed by atoms with van der Waals surface area (Å²) in [6.45, 7) is 5.15. The molecule has 0 aromatic heterocycles. The molecule has 0 amide bonds. The smallest absolute Gasteiger partial charge is 0.413 e. The molecule has 0 aliphatic carbocycles. The Kier molecular flexibility index (Phi) is 4.75. The Hall–Kier alpha value is -1.78. The molecule has 0 radical (unpaired) electrons. The number of nitrogens with zero attached hydrogens (tertiary/aromatic N) is 2. The van der Waals surface area contributed by atoms with E-state index in [0.29, 0.717) is 0 Å². The summed E-state index contributed by atoms with van der Waals surface area (Å²) in [7, 11) is 0. The molecule has 0 fully saturated rings.